The maximum atomic E-state index is 7.85. The summed E-state index contributed by atoms with van der Waals surface area (Å²) in [4.78, 5) is 0. The molecule has 0 aromatic rings. The topological polar surface area (TPSA) is 35.9 Å². The first-order valence-electron chi connectivity index (χ1n) is 8.17. The zero-order valence-electron chi connectivity index (χ0n) is 14.4. The van der Waals surface area contributed by atoms with Crippen molar-refractivity contribution in [1.82, 2.24) is 5.32 Å². The summed E-state index contributed by atoms with van der Waals surface area (Å²) < 4.78 is 0. The van der Waals surface area contributed by atoms with Gasteiger partial charge in [-0.05, 0) is 64.6 Å². The maximum absolute atomic E-state index is 7.85. The molecule has 0 atom stereocenters. The average molecular weight is 288 g/mol. The van der Waals surface area contributed by atoms with Gasteiger partial charge in [0.05, 0.1) is 0 Å². The largest absolute Gasteiger partial charge is 0.317 e. The minimum Gasteiger partial charge on any atom is -0.317 e. The van der Waals surface area contributed by atoms with E-state index >= 15 is 0 Å². The third-order valence-electron chi connectivity index (χ3n) is 4.51. The van der Waals surface area contributed by atoms with Crippen molar-refractivity contribution in [2.24, 2.45) is 11.3 Å². The molecule has 1 aliphatic rings. The molecular formula is C19H32N2. The van der Waals surface area contributed by atoms with Crippen molar-refractivity contribution in [3.8, 4) is 0 Å². The Morgan fingerprint density at radius 3 is 2.24 bits per heavy atom. The lowest BCUT2D eigenvalue weighted by molar-refractivity contribution is 0.304. The second-order valence-corrected chi connectivity index (χ2v) is 6.74. The lowest BCUT2D eigenvalue weighted by atomic mass is 9.75. The van der Waals surface area contributed by atoms with Crippen LogP contribution in [-0.2, 0) is 0 Å². The van der Waals surface area contributed by atoms with Crippen LogP contribution in [0.3, 0.4) is 0 Å². The minimum absolute atomic E-state index is 0.0560. The van der Waals surface area contributed by atoms with Crippen LogP contribution in [0, 0.1) is 16.7 Å². The van der Waals surface area contributed by atoms with Gasteiger partial charge in [-0.1, -0.05) is 43.2 Å². The fourth-order valence-corrected chi connectivity index (χ4v) is 3.09. The molecule has 2 nitrogen and oxygen atoms in total. The van der Waals surface area contributed by atoms with Crippen LogP contribution < -0.4 is 5.32 Å². The van der Waals surface area contributed by atoms with Crippen LogP contribution in [0.15, 0.2) is 34.9 Å². The van der Waals surface area contributed by atoms with Crippen LogP contribution in [0.2, 0.25) is 0 Å². The van der Waals surface area contributed by atoms with Gasteiger partial charge < -0.3 is 10.7 Å². The number of piperidine rings is 1. The van der Waals surface area contributed by atoms with E-state index in [-0.39, 0.29) is 5.41 Å². The van der Waals surface area contributed by atoms with Gasteiger partial charge in [-0.2, -0.15) is 0 Å². The Kier molecular flexibility index (Phi) is 7.10. The molecule has 0 unspecified atom stereocenters. The Balaban J connectivity index is 2.85. The average Bonchev–Trinajstić information content (AvgIpc) is 2.46. The molecule has 0 aromatic carbocycles. The van der Waals surface area contributed by atoms with E-state index in [0.717, 1.165) is 32.4 Å². The lowest BCUT2D eigenvalue weighted by Crippen LogP contribution is -2.37. The molecule has 1 rings (SSSR count). The molecule has 0 amide bonds. The molecule has 0 aromatic heterocycles. The first kappa shape index (κ1) is 17.9. The molecular weight excluding hydrogens is 256 g/mol. The van der Waals surface area contributed by atoms with E-state index in [9.17, 15) is 0 Å². The summed E-state index contributed by atoms with van der Waals surface area (Å²) in [5.41, 5.74) is 4.21. The van der Waals surface area contributed by atoms with Crippen molar-refractivity contribution < 1.29 is 0 Å². The summed E-state index contributed by atoms with van der Waals surface area (Å²) in [6.07, 6.45) is 11.5. The Bertz CT molecular complexity index is 428. The highest BCUT2D eigenvalue weighted by atomic mass is 14.9. The minimum atomic E-state index is 0.0560. The molecule has 1 fully saturated rings. The standard InChI is InChI=1S/C19H32N2/c1-6-17(7-8-18(15(2)3)16(4)5)13-19(14-20)9-11-21-12-10-19/h6-8,14-15,20-21H,9-13H2,1-5H3/b8-7?,17-6+,20-14?. The fourth-order valence-electron chi connectivity index (χ4n) is 3.09. The Morgan fingerprint density at radius 1 is 1.19 bits per heavy atom. The van der Waals surface area contributed by atoms with Gasteiger partial charge in [0, 0.05) is 11.6 Å². The molecule has 21 heavy (non-hydrogen) atoms. The molecule has 1 heterocycles. The fraction of sp³-hybridized carbons (Fsp3) is 0.632. The highest BCUT2D eigenvalue weighted by Crippen LogP contribution is 2.34. The van der Waals surface area contributed by atoms with Gasteiger partial charge in [0.15, 0.2) is 0 Å². The van der Waals surface area contributed by atoms with E-state index in [4.69, 9.17) is 5.41 Å². The van der Waals surface area contributed by atoms with Crippen molar-refractivity contribution in [2.75, 3.05) is 13.1 Å². The number of hydrogen-bond acceptors (Lipinski definition) is 2. The van der Waals surface area contributed by atoms with E-state index < -0.39 is 0 Å². The molecule has 1 aliphatic heterocycles. The zero-order chi connectivity index (χ0) is 15.9. The Morgan fingerprint density at radius 2 is 1.81 bits per heavy atom. The van der Waals surface area contributed by atoms with Crippen molar-refractivity contribution in [1.29, 1.82) is 5.41 Å². The van der Waals surface area contributed by atoms with E-state index in [1.54, 1.807) is 6.21 Å². The van der Waals surface area contributed by atoms with E-state index in [1.165, 1.54) is 16.7 Å². The quantitative estimate of drug-likeness (QED) is 0.530. The Labute approximate surface area is 130 Å². The van der Waals surface area contributed by atoms with Crippen LogP contribution in [0.5, 0.6) is 0 Å². The number of nitrogens with one attached hydrogen (secondary N) is 2. The molecule has 2 N–H and O–H groups in total. The second-order valence-electron chi connectivity index (χ2n) is 6.74. The van der Waals surface area contributed by atoms with Crippen molar-refractivity contribution in [3.05, 3.63) is 34.9 Å². The third-order valence-corrected chi connectivity index (χ3v) is 4.51. The van der Waals surface area contributed by atoms with Crippen LogP contribution in [-0.4, -0.2) is 19.3 Å². The SMILES string of the molecule is C/C=C(\C=CC(=C(C)C)C(C)C)CC1(C=N)CCNCC1. The second kappa shape index (κ2) is 8.33. The predicted molar refractivity (Wildman–Crippen MR) is 94.0 cm³/mol. The Hall–Kier alpha value is -1.15. The predicted octanol–water partition coefficient (Wildman–Crippen LogP) is 4.89. The third kappa shape index (κ3) is 5.28. The number of hydrogen-bond donors (Lipinski definition) is 2. The summed E-state index contributed by atoms with van der Waals surface area (Å²) in [6.45, 7) is 13.0. The summed E-state index contributed by atoms with van der Waals surface area (Å²) in [5, 5.41) is 11.3. The molecule has 0 saturated carbocycles. The van der Waals surface area contributed by atoms with Gasteiger partial charge in [0.2, 0.25) is 0 Å². The maximum Gasteiger partial charge on any atom is 0.0114 e. The highest BCUT2D eigenvalue weighted by molar-refractivity contribution is 5.63. The van der Waals surface area contributed by atoms with E-state index in [1.807, 2.05) is 0 Å². The molecule has 0 radical (unpaired) electrons. The van der Waals surface area contributed by atoms with E-state index in [0.29, 0.717) is 5.92 Å². The van der Waals surface area contributed by atoms with Crippen molar-refractivity contribution in [3.63, 3.8) is 0 Å². The molecule has 2 heteroatoms. The van der Waals surface area contributed by atoms with Gasteiger partial charge in [0.25, 0.3) is 0 Å². The van der Waals surface area contributed by atoms with Crippen molar-refractivity contribution in [2.45, 2.75) is 53.9 Å². The molecule has 0 spiro atoms. The van der Waals surface area contributed by atoms with Crippen LogP contribution >= 0.6 is 0 Å². The summed E-state index contributed by atoms with van der Waals surface area (Å²) in [5.74, 6) is 0.555. The molecule has 1 saturated heterocycles. The normalized spacial score (nSPS) is 19.0. The van der Waals surface area contributed by atoms with Crippen LogP contribution in [0.4, 0.5) is 0 Å². The highest BCUT2D eigenvalue weighted by Gasteiger charge is 2.30. The summed E-state index contributed by atoms with van der Waals surface area (Å²) >= 11 is 0. The molecule has 0 aliphatic carbocycles. The smallest absolute Gasteiger partial charge is 0.0114 e. The molecule has 118 valence electrons. The first-order chi connectivity index (χ1) is 9.94. The van der Waals surface area contributed by atoms with Crippen LogP contribution in [0.1, 0.15) is 53.9 Å². The van der Waals surface area contributed by atoms with Gasteiger partial charge in [0.1, 0.15) is 0 Å². The summed E-state index contributed by atoms with van der Waals surface area (Å²) in [7, 11) is 0. The van der Waals surface area contributed by atoms with Gasteiger partial charge in [-0.25, -0.2) is 0 Å². The monoisotopic (exact) mass is 288 g/mol. The van der Waals surface area contributed by atoms with Gasteiger partial charge >= 0.3 is 0 Å². The van der Waals surface area contributed by atoms with E-state index in [2.05, 4.69) is 58.2 Å². The van der Waals surface area contributed by atoms with Gasteiger partial charge in [-0.15, -0.1) is 0 Å². The molecule has 0 bridgehead atoms. The first-order valence-corrected chi connectivity index (χ1v) is 8.17. The zero-order valence-corrected chi connectivity index (χ0v) is 14.4. The summed E-state index contributed by atoms with van der Waals surface area (Å²) in [6, 6.07) is 0. The van der Waals surface area contributed by atoms with Gasteiger partial charge in [-0.3, -0.25) is 0 Å². The van der Waals surface area contributed by atoms with Crippen LogP contribution in [0.25, 0.3) is 0 Å². The number of allylic oxidation sites excluding steroid dienone is 6. The lowest BCUT2D eigenvalue weighted by Gasteiger charge is -2.34. The van der Waals surface area contributed by atoms with Crippen molar-refractivity contribution >= 4 is 6.21 Å². The number of rotatable bonds is 6.